The molecule has 0 aromatic heterocycles. The standard InChI is InChI=1S/C73H66N2Si2/c1-71(2)62-35-23-21-30-53(62)55-40-37-50(44-64(55)71)74(47-25-13-11-14-26-47)49-39-42-60-61(43-49)52-29-17-19-33-58(52)69-68-59-34-20-18-32-57(59)67(46-66(68)73(70(60)69,76(5,6)7)77(8,9)10)75(48-27-15-12-16-28-48)51-38-41-56-54-31-22-24-36-63(54)72(3,4)65(56)45-51/h11-46H,1-10H3. The second-order valence-electron chi connectivity index (χ2n) is 25.3. The number of rotatable bonds is 8. The summed E-state index contributed by atoms with van der Waals surface area (Å²) in [5.41, 5.74) is 23.6. The van der Waals surface area contributed by atoms with Crippen molar-refractivity contribution in [3.05, 3.63) is 252 Å². The summed E-state index contributed by atoms with van der Waals surface area (Å²) in [6.45, 7) is 25.6. The van der Waals surface area contributed by atoms with Crippen LogP contribution in [0, 0.1) is 0 Å². The van der Waals surface area contributed by atoms with Crippen molar-refractivity contribution in [3.8, 4) is 33.4 Å². The van der Waals surface area contributed by atoms with Gasteiger partial charge in [-0.15, -0.1) is 0 Å². The Kier molecular flexibility index (Phi) is 10.3. The smallest absolute Gasteiger partial charge is 0.0579 e. The predicted octanol–water partition coefficient (Wildman–Crippen LogP) is 20.7. The Morgan fingerprint density at radius 2 is 0.701 bits per heavy atom. The lowest BCUT2D eigenvalue weighted by Crippen LogP contribution is -2.63. The van der Waals surface area contributed by atoms with Gasteiger partial charge in [0, 0.05) is 49.3 Å². The van der Waals surface area contributed by atoms with Crippen molar-refractivity contribution < 1.29 is 0 Å². The van der Waals surface area contributed by atoms with Crippen LogP contribution in [-0.4, -0.2) is 16.1 Å². The van der Waals surface area contributed by atoms with Crippen molar-refractivity contribution in [3.63, 3.8) is 0 Å². The van der Waals surface area contributed by atoms with Crippen molar-refractivity contribution in [2.45, 2.75) is 82.5 Å². The topological polar surface area (TPSA) is 6.48 Å². The zero-order chi connectivity index (χ0) is 53.0. The molecule has 14 rings (SSSR count). The molecule has 0 saturated carbocycles. The van der Waals surface area contributed by atoms with Gasteiger partial charge in [-0.2, -0.15) is 0 Å². The van der Waals surface area contributed by atoms with E-state index in [1.807, 2.05) is 0 Å². The number of nitrogens with zero attached hydrogens (tertiary/aromatic N) is 2. The Morgan fingerprint density at radius 1 is 0.286 bits per heavy atom. The third-order valence-electron chi connectivity index (χ3n) is 18.5. The molecular weight excluding hydrogens is 961 g/mol. The SMILES string of the molecule is CC1(C)c2ccccc2-c2ccc(N(c3ccccc3)c3ccc4c5c(c6ccccc6c4c3)-c3c(cc(N(c4ccccc4)c4ccc6c(c4)C(C)(C)c4ccccc4-6)c4ccccc34)C5([Si](C)(C)C)[Si](C)(C)C)cc21. The molecule has 0 N–H and O–H groups in total. The van der Waals surface area contributed by atoms with Gasteiger partial charge in [-0.05, 0) is 160 Å². The average molecular weight is 1030 g/mol. The Labute approximate surface area is 457 Å². The monoisotopic (exact) mass is 1030 g/mol. The van der Waals surface area contributed by atoms with Gasteiger partial charge in [0.1, 0.15) is 0 Å². The van der Waals surface area contributed by atoms with Crippen LogP contribution in [0.15, 0.2) is 218 Å². The van der Waals surface area contributed by atoms with Gasteiger partial charge in [-0.1, -0.05) is 219 Å². The highest BCUT2D eigenvalue weighted by Gasteiger charge is 2.61. The lowest BCUT2D eigenvalue weighted by molar-refractivity contribution is 0.660. The Bertz CT molecular complexity index is 4240. The van der Waals surface area contributed by atoms with E-state index in [0.29, 0.717) is 0 Å². The van der Waals surface area contributed by atoms with Crippen LogP contribution >= 0.6 is 0 Å². The molecule has 3 aliphatic carbocycles. The van der Waals surface area contributed by atoms with Crippen LogP contribution in [0.5, 0.6) is 0 Å². The van der Waals surface area contributed by atoms with Crippen LogP contribution in [0.4, 0.5) is 34.1 Å². The van der Waals surface area contributed by atoms with Gasteiger partial charge in [-0.3, -0.25) is 0 Å². The summed E-state index contributed by atoms with van der Waals surface area (Å²) in [5, 5.41) is 7.94. The maximum absolute atomic E-state index is 2.70. The van der Waals surface area contributed by atoms with E-state index in [0.717, 1.165) is 17.1 Å². The molecule has 3 aliphatic rings. The lowest BCUT2D eigenvalue weighted by atomic mass is 9.82. The first-order valence-corrected chi connectivity index (χ1v) is 34.8. The summed E-state index contributed by atoms with van der Waals surface area (Å²) in [4.78, 5) is 5.08. The van der Waals surface area contributed by atoms with Crippen molar-refractivity contribution in [2.24, 2.45) is 0 Å². The van der Waals surface area contributed by atoms with E-state index in [4.69, 9.17) is 0 Å². The quantitative estimate of drug-likeness (QED) is 0.111. The van der Waals surface area contributed by atoms with Gasteiger partial charge in [0.25, 0.3) is 0 Å². The molecule has 77 heavy (non-hydrogen) atoms. The first kappa shape index (κ1) is 47.7. The third-order valence-corrected chi connectivity index (χ3v) is 28.5. The highest BCUT2D eigenvalue weighted by molar-refractivity contribution is 7.00. The van der Waals surface area contributed by atoms with Crippen LogP contribution in [0.25, 0.3) is 65.7 Å². The fraction of sp³-hybridized carbons (Fsp3) is 0.178. The number of hydrogen-bond donors (Lipinski definition) is 0. The minimum absolute atomic E-state index is 0.122. The molecule has 0 heterocycles. The van der Waals surface area contributed by atoms with Gasteiger partial charge >= 0.3 is 0 Å². The van der Waals surface area contributed by atoms with Crippen LogP contribution in [0.2, 0.25) is 39.3 Å². The normalized spacial score (nSPS) is 15.2. The van der Waals surface area contributed by atoms with Gasteiger partial charge in [0.05, 0.1) is 21.8 Å². The molecule has 0 saturated heterocycles. The molecule has 11 aromatic rings. The van der Waals surface area contributed by atoms with Crippen molar-refractivity contribution in [1.29, 1.82) is 0 Å². The third kappa shape index (κ3) is 6.58. The fourth-order valence-corrected chi connectivity index (χ4v) is 28.6. The molecule has 0 atom stereocenters. The minimum atomic E-state index is -2.25. The molecule has 11 aromatic carbocycles. The first-order valence-electron chi connectivity index (χ1n) is 27.8. The molecule has 0 unspecified atom stereocenters. The number of benzene rings is 11. The number of hydrogen-bond acceptors (Lipinski definition) is 2. The second kappa shape index (κ2) is 16.6. The number of fused-ring (bicyclic) bond motifs is 16. The Balaban J connectivity index is 1.04. The van der Waals surface area contributed by atoms with Gasteiger partial charge in [0.15, 0.2) is 0 Å². The summed E-state index contributed by atoms with van der Waals surface area (Å²) in [6, 6.07) is 83.5. The van der Waals surface area contributed by atoms with Crippen LogP contribution in [-0.2, 0) is 15.5 Å². The molecule has 0 radical (unpaired) electrons. The predicted molar refractivity (Wildman–Crippen MR) is 336 cm³/mol. The van der Waals surface area contributed by atoms with Crippen molar-refractivity contribution >= 4 is 82.6 Å². The summed E-state index contributed by atoms with van der Waals surface area (Å²) in [6.07, 6.45) is 0. The summed E-state index contributed by atoms with van der Waals surface area (Å²) < 4.78 is -0.184. The number of anilines is 6. The molecule has 0 aliphatic heterocycles. The van der Waals surface area contributed by atoms with Gasteiger partial charge in [0.2, 0.25) is 0 Å². The van der Waals surface area contributed by atoms with Gasteiger partial charge < -0.3 is 9.80 Å². The Hall–Kier alpha value is -7.77. The van der Waals surface area contributed by atoms with E-state index in [-0.39, 0.29) is 15.5 Å². The van der Waals surface area contributed by atoms with Crippen LogP contribution in [0.3, 0.4) is 0 Å². The van der Waals surface area contributed by atoms with Crippen molar-refractivity contribution in [2.75, 3.05) is 9.80 Å². The molecule has 0 bridgehead atoms. The number of para-hydroxylation sites is 2. The summed E-state index contributed by atoms with van der Waals surface area (Å²) in [5.74, 6) is 0. The van der Waals surface area contributed by atoms with E-state index in [1.54, 1.807) is 5.56 Å². The molecule has 376 valence electrons. The highest BCUT2D eigenvalue weighted by Crippen LogP contribution is 2.65. The minimum Gasteiger partial charge on any atom is -0.310 e. The Morgan fingerprint density at radius 3 is 1.25 bits per heavy atom. The second-order valence-corrected chi connectivity index (χ2v) is 36.3. The molecule has 0 amide bonds. The summed E-state index contributed by atoms with van der Waals surface area (Å²) in [7, 11) is -4.50. The molecule has 2 nitrogen and oxygen atoms in total. The average Bonchev–Trinajstić information content (AvgIpc) is 3.38. The first-order chi connectivity index (χ1) is 37.0. The van der Waals surface area contributed by atoms with Crippen molar-refractivity contribution in [1.82, 2.24) is 0 Å². The lowest BCUT2D eigenvalue weighted by Gasteiger charge is -2.52. The zero-order valence-corrected chi connectivity index (χ0v) is 48.2. The maximum atomic E-state index is 2.70. The van der Waals surface area contributed by atoms with Crippen LogP contribution < -0.4 is 9.80 Å². The van der Waals surface area contributed by atoms with E-state index in [9.17, 15) is 0 Å². The largest absolute Gasteiger partial charge is 0.310 e. The van der Waals surface area contributed by atoms with E-state index < -0.39 is 16.1 Å². The highest BCUT2D eigenvalue weighted by atomic mass is 28.4. The molecular formula is C73H66N2Si2. The van der Waals surface area contributed by atoms with E-state index >= 15 is 0 Å². The maximum Gasteiger partial charge on any atom is 0.0579 e. The zero-order valence-electron chi connectivity index (χ0n) is 46.2. The van der Waals surface area contributed by atoms with E-state index in [2.05, 4.69) is 295 Å². The fourth-order valence-electron chi connectivity index (χ4n) is 15.6. The molecule has 4 heteroatoms. The van der Waals surface area contributed by atoms with Crippen LogP contribution in [0.1, 0.15) is 61.1 Å². The van der Waals surface area contributed by atoms with E-state index in [1.165, 1.54) is 111 Å². The summed E-state index contributed by atoms with van der Waals surface area (Å²) >= 11 is 0. The molecule has 0 fully saturated rings. The van der Waals surface area contributed by atoms with Gasteiger partial charge in [-0.25, -0.2) is 0 Å². The molecule has 0 spiro atoms.